The number of nitrogens with two attached hydrogens (primary N) is 1. The SMILES string of the molecule is Cc1ccc(NC(=O)NC(C)C)cc1N. The molecule has 4 nitrogen and oxygen atoms in total. The van der Waals surface area contributed by atoms with Gasteiger partial charge in [-0.2, -0.15) is 0 Å². The lowest BCUT2D eigenvalue weighted by molar-refractivity contribution is 0.250. The maximum absolute atomic E-state index is 11.4. The first-order valence-electron chi connectivity index (χ1n) is 4.92. The number of amides is 2. The molecule has 82 valence electrons. The van der Waals surface area contributed by atoms with Gasteiger partial charge in [-0.25, -0.2) is 4.79 Å². The Kier molecular flexibility index (Phi) is 3.55. The van der Waals surface area contributed by atoms with Crippen molar-refractivity contribution in [3.63, 3.8) is 0 Å². The van der Waals surface area contributed by atoms with Crippen LogP contribution >= 0.6 is 0 Å². The zero-order valence-electron chi connectivity index (χ0n) is 9.29. The van der Waals surface area contributed by atoms with E-state index in [9.17, 15) is 4.79 Å². The molecule has 0 heterocycles. The van der Waals surface area contributed by atoms with Crippen LogP contribution in [0.3, 0.4) is 0 Å². The van der Waals surface area contributed by atoms with Gasteiger partial charge in [0.05, 0.1) is 0 Å². The second kappa shape index (κ2) is 4.68. The Morgan fingerprint density at radius 3 is 2.60 bits per heavy atom. The molecule has 0 aromatic heterocycles. The van der Waals surface area contributed by atoms with Crippen molar-refractivity contribution in [1.29, 1.82) is 0 Å². The Morgan fingerprint density at radius 2 is 2.07 bits per heavy atom. The summed E-state index contributed by atoms with van der Waals surface area (Å²) in [5.41, 5.74) is 8.11. The molecule has 1 aromatic rings. The van der Waals surface area contributed by atoms with Gasteiger partial charge in [0.15, 0.2) is 0 Å². The molecule has 0 spiro atoms. The van der Waals surface area contributed by atoms with Crippen molar-refractivity contribution >= 4 is 17.4 Å². The highest BCUT2D eigenvalue weighted by atomic mass is 16.2. The van der Waals surface area contributed by atoms with Crippen LogP contribution in [0.15, 0.2) is 18.2 Å². The second-order valence-corrected chi connectivity index (χ2v) is 3.82. The third-order valence-electron chi connectivity index (χ3n) is 1.96. The number of benzene rings is 1. The fraction of sp³-hybridized carbons (Fsp3) is 0.364. The lowest BCUT2D eigenvalue weighted by Gasteiger charge is -2.11. The fourth-order valence-electron chi connectivity index (χ4n) is 1.15. The predicted octanol–water partition coefficient (Wildman–Crippen LogP) is 2.11. The van der Waals surface area contributed by atoms with E-state index < -0.39 is 0 Å². The third-order valence-corrected chi connectivity index (χ3v) is 1.96. The van der Waals surface area contributed by atoms with E-state index in [1.54, 1.807) is 6.07 Å². The standard InChI is InChI=1S/C11H17N3O/c1-7(2)13-11(15)14-9-5-4-8(3)10(12)6-9/h4-7H,12H2,1-3H3,(H2,13,14,15). The van der Waals surface area contributed by atoms with E-state index in [2.05, 4.69) is 10.6 Å². The van der Waals surface area contributed by atoms with Crippen LogP contribution in [0, 0.1) is 6.92 Å². The van der Waals surface area contributed by atoms with E-state index in [0.29, 0.717) is 11.4 Å². The summed E-state index contributed by atoms with van der Waals surface area (Å²) in [4.78, 5) is 11.4. The van der Waals surface area contributed by atoms with Crippen LogP contribution in [0.5, 0.6) is 0 Å². The van der Waals surface area contributed by atoms with Crippen molar-refractivity contribution < 1.29 is 4.79 Å². The van der Waals surface area contributed by atoms with Gasteiger partial charge in [-0.05, 0) is 38.5 Å². The minimum Gasteiger partial charge on any atom is -0.398 e. The van der Waals surface area contributed by atoms with E-state index in [0.717, 1.165) is 5.56 Å². The van der Waals surface area contributed by atoms with Gasteiger partial charge in [0.1, 0.15) is 0 Å². The molecule has 0 bridgehead atoms. The molecule has 15 heavy (non-hydrogen) atoms. The number of carbonyl (C=O) groups is 1. The molecule has 0 fully saturated rings. The van der Waals surface area contributed by atoms with Crippen LogP contribution in [0.2, 0.25) is 0 Å². The topological polar surface area (TPSA) is 67.2 Å². The lowest BCUT2D eigenvalue weighted by atomic mass is 10.2. The van der Waals surface area contributed by atoms with Crippen LogP contribution in [0.1, 0.15) is 19.4 Å². The normalized spacial score (nSPS) is 10.1. The summed E-state index contributed by atoms with van der Waals surface area (Å²) >= 11 is 0. The number of hydrogen-bond acceptors (Lipinski definition) is 2. The number of nitrogens with one attached hydrogen (secondary N) is 2. The zero-order valence-corrected chi connectivity index (χ0v) is 9.29. The molecule has 0 aliphatic rings. The summed E-state index contributed by atoms with van der Waals surface area (Å²) < 4.78 is 0. The van der Waals surface area contributed by atoms with Gasteiger partial charge in [-0.1, -0.05) is 6.07 Å². The summed E-state index contributed by atoms with van der Waals surface area (Å²) in [7, 11) is 0. The van der Waals surface area contributed by atoms with E-state index in [1.165, 1.54) is 0 Å². The summed E-state index contributed by atoms with van der Waals surface area (Å²) in [6.45, 7) is 5.74. The van der Waals surface area contributed by atoms with Crippen molar-refractivity contribution in [1.82, 2.24) is 5.32 Å². The van der Waals surface area contributed by atoms with E-state index in [-0.39, 0.29) is 12.1 Å². The molecule has 0 unspecified atom stereocenters. The van der Waals surface area contributed by atoms with Gasteiger partial charge >= 0.3 is 6.03 Å². The number of carbonyl (C=O) groups excluding carboxylic acids is 1. The monoisotopic (exact) mass is 207 g/mol. The molecule has 1 aromatic carbocycles. The van der Waals surface area contributed by atoms with Crippen LogP contribution in [0.4, 0.5) is 16.2 Å². The molecule has 2 amide bonds. The highest BCUT2D eigenvalue weighted by Gasteiger charge is 2.03. The Morgan fingerprint density at radius 1 is 1.40 bits per heavy atom. The smallest absolute Gasteiger partial charge is 0.319 e. The molecule has 0 saturated heterocycles. The van der Waals surface area contributed by atoms with E-state index >= 15 is 0 Å². The maximum Gasteiger partial charge on any atom is 0.319 e. The number of nitrogen functional groups attached to an aromatic ring is 1. The average Bonchev–Trinajstić information content (AvgIpc) is 2.10. The average molecular weight is 207 g/mol. The molecule has 0 aliphatic carbocycles. The van der Waals surface area contributed by atoms with E-state index in [4.69, 9.17) is 5.73 Å². The molecular weight excluding hydrogens is 190 g/mol. The number of anilines is 2. The van der Waals surface area contributed by atoms with Crippen LogP contribution in [0.25, 0.3) is 0 Å². The first-order chi connectivity index (χ1) is 6.99. The summed E-state index contributed by atoms with van der Waals surface area (Å²) in [5.74, 6) is 0. The van der Waals surface area contributed by atoms with Crippen molar-refractivity contribution in [2.45, 2.75) is 26.8 Å². The van der Waals surface area contributed by atoms with Crippen LogP contribution in [-0.4, -0.2) is 12.1 Å². The minimum atomic E-state index is -0.215. The van der Waals surface area contributed by atoms with Crippen LogP contribution in [-0.2, 0) is 0 Å². The third kappa shape index (κ3) is 3.50. The van der Waals surface area contributed by atoms with Gasteiger partial charge < -0.3 is 16.4 Å². The first-order valence-corrected chi connectivity index (χ1v) is 4.92. The van der Waals surface area contributed by atoms with Crippen molar-refractivity contribution in [2.75, 3.05) is 11.1 Å². The quantitative estimate of drug-likeness (QED) is 0.650. The molecular formula is C11H17N3O. The first kappa shape index (κ1) is 11.4. The van der Waals surface area contributed by atoms with Crippen LogP contribution < -0.4 is 16.4 Å². The van der Waals surface area contributed by atoms with Gasteiger partial charge in [-0.15, -0.1) is 0 Å². The molecule has 0 aliphatic heterocycles. The number of rotatable bonds is 2. The van der Waals surface area contributed by atoms with Gasteiger partial charge in [0.2, 0.25) is 0 Å². The highest BCUT2D eigenvalue weighted by Crippen LogP contribution is 2.16. The predicted molar refractivity (Wildman–Crippen MR) is 62.9 cm³/mol. The minimum absolute atomic E-state index is 0.118. The summed E-state index contributed by atoms with van der Waals surface area (Å²) in [5, 5.41) is 5.45. The summed E-state index contributed by atoms with van der Waals surface area (Å²) in [6, 6.07) is 5.35. The largest absolute Gasteiger partial charge is 0.398 e. The van der Waals surface area contributed by atoms with Gasteiger partial charge in [-0.3, -0.25) is 0 Å². The Balaban J connectivity index is 2.65. The Labute approximate surface area is 89.9 Å². The molecule has 1 rings (SSSR count). The van der Waals surface area contributed by atoms with Crippen molar-refractivity contribution in [2.24, 2.45) is 0 Å². The molecule has 0 saturated carbocycles. The second-order valence-electron chi connectivity index (χ2n) is 3.82. The number of hydrogen-bond donors (Lipinski definition) is 3. The molecule has 4 N–H and O–H groups in total. The highest BCUT2D eigenvalue weighted by molar-refractivity contribution is 5.90. The van der Waals surface area contributed by atoms with Gasteiger partial charge in [0, 0.05) is 17.4 Å². The molecule has 0 atom stereocenters. The zero-order chi connectivity index (χ0) is 11.4. The molecule has 4 heteroatoms. The number of urea groups is 1. The van der Waals surface area contributed by atoms with Crippen molar-refractivity contribution in [3.05, 3.63) is 23.8 Å². The maximum atomic E-state index is 11.4. The van der Waals surface area contributed by atoms with E-state index in [1.807, 2.05) is 32.9 Å². The van der Waals surface area contributed by atoms with Gasteiger partial charge in [0.25, 0.3) is 0 Å². The van der Waals surface area contributed by atoms with Crippen molar-refractivity contribution in [3.8, 4) is 0 Å². The Hall–Kier alpha value is -1.71. The lowest BCUT2D eigenvalue weighted by Crippen LogP contribution is -2.34. The fourth-order valence-corrected chi connectivity index (χ4v) is 1.15. The molecule has 0 radical (unpaired) electrons. The number of aryl methyl sites for hydroxylation is 1. The Bertz CT molecular complexity index is 361. The summed E-state index contributed by atoms with van der Waals surface area (Å²) in [6.07, 6.45) is 0.